The van der Waals surface area contributed by atoms with E-state index in [4.69, 9.17) is 9.47 Å². The van der Waals surface area contributed by atoms with E-state index in [0.717, 1.165) is 18.0 Å². The fourth-order valence-electron chi connectivity index (χ4n) is 2.07. The first-order chi connectivity index (χ1) is 9.33. The Hall–Kier alpha value is -2.07. The van der Waals surface area contributed by atoms with Crippen LogP contribution >= 0.6 is 0 Å². The molecule has 2 aromatic rings. The van der Waals surface area contributed by atoms with Crippen molar-refractivity contribution in [3.05, 3.63) is 53.9 Å². The number of hydrogen-bond donors (Lipinski definition) is 1. The van der Waals surface area contributed by atoms with Gasteiger partial charge in [-0.1, -0.05) is 12.1 Å². The molecule has 1 aromatic carbocycles. The van der Waals surface area contributed by atoms with Crippen LogP contribution < -0.4 is 14.8 Å². The first-order valence-electron chi connectivity index (χ1n) is 6.35. The lowest BCUT2D eigenvalue weighted by atomic mass is 10.1. The minimum atomic E-state index is 0.263. The van der Waals surface area contributed by atoms with Crippen molar-refractivity contribution in [2.24, 2.45) is 0 Å². The highest BCUT2D eigenvalue weighted by molar-refractivity contribution is 5.44. The van der Waals surface area contributed by atoms with E-state index >= 15 is 0 Å². The summed E-state index contributed by atoms with van der Waals surface area (Å²) in [5.74, 6) is 1.65. The molecule has 0 saturated carbocycles. The second-order valence-electron chi connectivity index (χ2n) is 4.58. The maximum Gasteiger partial charge on any atom is 0.231 e. The van der Waals surface area contributed by atoms with Crippen LogP contribution in [-0.2, 0) is 6.54 Å². The highest BCUT2D eigenvalue weighted by Crippen LogP contribution is 2.32. The Bertz CT molecular complexity index is 557. The topological polar surface area (TPSA) is 43.4 Å². The van der Waals surface area contributed by atoms with Gasteiger partial charge < -0.3 is 14.8 Å². The van der Waals surface area contributed by atoms with Gasteiger partial charge in [-0.3, -0.25) is 4.98 Å². The highest BCUT2D eigenvalue weighted by Gasteiger charge is 2.13. The molecule has 19 heavy (non-hydrogen) atoms. The van der Waals surface area contributed by atoms with E-state index in [-0.39, 0.29) is 6.04 Å². The first kappa shape index (κ1) is 12.0. The number of ether oxygens (including phenoxy) is 2. The lowest BCUT2D eigenvalue weighted by Crippen LogP contribution is -2.18. The van der Waals surface area contributed by atoms with Gasteiger partial charge in [-0.2, -0.15) is 0 Å². The van der Waals surface area contributed by atoms with Gasteiger partial charge in [-0.15, -0.1) is 0 Å². The van der Waals surface area contributed by atoms with Gasteiger partial charge in [0.25, 0.3) is 0 Å². The molecular weight excluding hydrogens is 240 g/mol. The lowest BCUT2D eigenvalue weighted by molar-refractivity contribution is 0.174. The summed E-state index contributed by atoms with van der Waals surface area (Å²) in [5.41, 5.74) is 2.36. The smallest absolute Gasteiger partial charge is 0.231 e. The molecule has 98 valence electrons. The summed E-state index contributed by atoms with van der Waals surface area (Å²) < 4.78 is 10.7. The largest absolute Gasteiger partial charge is 0.454 e. The quantitative estimate of drug-likeness (QED) is 0.913. The number of nitrogens with zero attached hydrogens (tertiary/aromatic N) is 1. The predicted octanol–water partition coefficient (Wildman–Crippen LogP) is 2.66. The summed E-state index contributed by atoms with van der Waals surface area (Å²) in [4.78, 5) is 4.13. The average molecular weight is 256 g/mol. The average Bonchev–Trinajstić information content (AvgIpc) is 2.93. The number of pyridine rings is 1. The van der Waals surface area contributed by atoms with Crippen LogP contribution in [-0.4, -0.2) is 11.8 Å². The van der Waals surface area contributed by atoms with E-state index < -0.39 is 0 Å². The van der Waals surface area contributed by atoms with Crippen molar-refractivity contribution in [1.29, 1.82) is 0 Å². The Morgan fingerprint density at radius 3 is 3.00 bits per heavy atom. The minimum Gasteiger partial charge on any atom is -0.454 e. The zero-order valence-corrected chi connectivity index (χ0v) is 10.8. The number of aromatic nitrogens is 1. The summed E-state index contributed by atoms with van der Waals surface area (Å²) in [5, 5.41) is 3.47. The van der Waals surface area contributed by atoms with Crippen LogP contribution in [0.1, 0.15) is 24.1 Å². The number of nitrogens with one attached hydrogen (secondary N) is 1. The van der Waals surface area contributed by atoms with Crippen molar-refractivity contribution < 1.29 is 9.47 Å². The maximum atomic E-state index is 5.37. The Morgan fingerprint density at radius 1 is 1.26 bits per heavy atom. The first-order valence-corrected chi connectivity index (χ1v) is 6.35. The van der Waals surface area contributed by atoms with Crippen LogP contribution in [0.2, 0.25) is 0 Å². The molecule has 4 heteroatoms. The Labute approximate surface area is 112 Å². The molecule has 0 spiro atoms. The van der Waals surface area contributed by atoms with Gasteiger partial charge in [0.1, 0.15) is 0 Å². The molecule has 1 aromatic heterocycles. The van der Waals surface area contributed by atoms with E-state index in [1.54, 1.807) is 6.20 Å². The Morgan fingerprint density at radius 2 is 2.16 bits per heavy atom. The van der Waals surface area contributed by atoms with Crippen LogP contribution in [0.4, 0.5) is 0 Å². The van der Waals surface area contributed by atoms with Gasteiger partial charge in [0.05, 0.1) is 0 Å². The van der Waals surface area contributed by atoms with Crippen LogP contribution in [0.15, 0.2) is 42.7 Å². The summed E-state index contributed by atoms with van der Waals surface area (Å²) in [6.45, 7) is 3.23. The maximum absolute atomic E-state index is 5.37. The molecule has 1 aliphatic rings. The molecule has 3 rings (SSSR count). The third-order valence-corrected chi connectivity index (χ3v) is 3.23. The molecule has 0 fully saturated rings. The SMILES string of the molecule is C[C@H](NCc1ccc2c(c1)OCO2)c1cccnc1. The molecule has 1 atom stereocenters. The van der Waals surface area contributed by atoms with E-state index in [1.165, 1.54) is 11.1 Å². The zero-order valence-electron chi connectivity index (χ0n) is 10.8. The summed E-state index contributed by atoms with van der Waals surface area (Å²) in [6, 6.07) is 10.3. The normalized spacial score (nSPS) is 14.4. The molecule has 0 amide bonds. The van der Waals surface area contributed by atoms with Gasteiger partial charge >= 0.3 is 0 Å². The second kappa shape index (κ2) is 5.28. The molecule has 1 aliphatic heterocycles. The zero-order chi connectivity index (χ0) is 13.1. The predicted molar refractivity (Wildman–Crippen MR) is 72.1 cm³/mol. The van der Waals surface area contributed by atoms with Crippen LogP contribution in [0.5, 0.6) is 11.5 Å². The summed E-state index contributed by atoms with van der Waals surface area (Å²) in [6.07, 6.45) is 3.67. The van der Waals surface area contributed by atoms with Crippen molar-refractivity contribution in [3.63, 3.8) is 0 Å². The number of benzene rings is 1. The van der Waals surface area contributed by atoms with Crippen molar-refractivity contribution in [2.75, 3.05) is 6.79 Å². The number of hydrogen-bond acceptors (Lipinski definition) is 4. The fraction of sp³-hybridized carbons (Fsp3) is 0.267. The fourth-order valence-corrected chi connectivity index (χ4v) is 2.07. The third kappa shape index (κ3) is 2.69. The van der Waals surface area contributed by atoms with Gasteiger partial charge in [0, 0.05) is 25.0 Å². The lowest BCUT2D eigenvalue weighted by Gasteiger charge is -2.14. The van der Waals surface area contributed by atoms with Crippen LogP contribution in [0.3, 0.4) is 0 Å². The van der Waals surface area contributed by atoms with E-state index in [0.29, 0.717) is 6.79 Å². The number of rotatable bonds is 4. The molecule has 0 radical (unpaired) electrons. The third-order valence-electron chi connectivity index (χ3n) is 3.23. The molecule has 1 N–H and O–H groups in total. The van der Waals surface area contributed by atoms with Gasteiger partial charge in [-0.05, 0) is 36.2 Å². The van der Waals surface area contributed by atoms with Crippen molar-refractivity contribution in [3.8, 4) is 11.5 Å². The summed E-state index contributed by atoms with van der Waals surface area (Å²) >= 11 is 0. The molecule has 2 heterocycles. The van der Waals surface area contributed by atoms with Crippen LogP contribution in [0, 0.1) is 0 Å². The van der Waals surface area contributed by atoms with E-state index in [1.807, 2.05) is 24.4 Å². The second-order valence-corrected chi connectivity index (χ2v) is 4.58. The molecule has 4 nitrogen and oxygen atoms in total. The monoisotopic (exact) mass is 256 g/mol. The molecule has 0 saturated heterocycles. The molecular formula is C15H16N2O2. The van der Waals surface area contributed by atoms with E-state index in [2.05, 4.69) is 29.4 Å². The van der Waals surface area contributed by atoms with E-state index in [9.17, 15) is 0 Å². The Kier molecular flexibility index (Phi) is 3.33. The Balaban J connectivity index is 1.63. The van der Waals surface area contributed by atoms with Gasteiger partial charge in [0.15, 0.2) is 11.5 Å². The van der Waals surface area contributed by atoms with Crippen molar-refractivity contribution >= 4 is 0 Å². The summed E-state index contributed by atoms with van der Waals surface area (Å²) in [7, 11) is 0. The van der Waals surface area contributed by atoms with Crippen molar-refractivity contribution in [1.82, 2.24) is 10.3 Å². The van der Waals surface area contributed by atoms with Crippen LogP contribution in [0.25, 0.3) is 0 Å². The highest BCUT2D eigenvalue weighted by atomic mass is 16.7. The van der Waals surface area contributed by atoms with Gasteiger partial charge in [-0.25, -0.2) is 0 Å². The standard InChI is InChI=1S/C15H16N2O2/c1-11(13-3-2-6-16-9-13)17-8-12-4-5-14-15(7-12)19-10-18-14/h2-7,9,11,17H,8,10H2,1H3/t11-/m0/s1. The molecule has 0 aliphatic carbocycles. The minimum absolute atomic E-state index is 0.263. The van der Waals surface area contributed by atoms with Gasteiger partial charge in [0.2, 0.25) is 6.79 Å². The molecule has 0 unspecified atom stereocenters. The van der Waals surface area contributed by atoms with Crippen molar-refractivity contribution in [2.45, 2.75) is 19.5 Å². The molecule has 0 bridgehead atoms. The number of fused-ring (bicyclic) bond motifs is 1.